The minimum Gasteiger partial charge on any atom is -0.412 e. The summed E-state index contributed by atoms with van der Waals surface area (Å²) in [7, 11) is 0. The minimum atomic E-state index is -0.128. The first kappa shape index (κ1) is 13.8. The number of H-pyrrole nitrogens is 1. The summed E-state index contributed by atoms with van der Waals surface area (Å²) < 4.78 is 4.66. The van der Waals surface area contributed by atoms with Crippen molar-refractivity contribution in [2.24, 2.45) is 0 Å². The smallest absolute Gasteiger partial charge is 0.299 e. The summed E-state index contributed by atoms with van der Waals surface area (Å²) in [6.45, 7) is 0.314. The van der Waals surface area contributed by atoms with Gasteiger partial charge in [0.15, 0.2) is 5.78 Å². The van der Waals surface area contributed by atoms with E-state index in [9.17, 15) is 9.59 Å². The standard InChI is InChI=1S/C18H13NO3/c20-12-22-17-10-16(11-19-17)18(21)15-8-6-14(7-9-15)13-4-2-1-3-5-13/h1-12,19H. The average Bonchev–Trinajstić information content (AvgIpc) is 3.04. The Labute approximate surface area is 127 Å². The predicted octanol–water partition coefficient (Wildman–Crippen LogP) is 3.45. The molecule has 108 valence electrons. The molecule has 0 aliphatic heterocycles. The molecule has 0 fully saturated rings. The molecule has 0 saturated carbocycles. The second-order valence-corrected chi connectivity index (χ2v) is 4.74. The zero-order valence-electron chi connectivity index (χ0n) is 11.7. The lowest BCUT2D eigenvalue weighted by Crippen LogP contribution is -1.99. The van der Waals surface area contributed by atoms with Crippen LogP contribution in [-0.4, -0.2) is 17.2 Å². The summed E-state index contributed by atoms with van der Waals surface area (Å²) in [5, 5.41) is 0. The molecule has 4 nitrogen and oxygen atoms in total. The number of hydrogen-bond donors (Lipinski definition) is 1. The van der Waals surface area contributed by atoms with Crippen molar-refractivity contribution < 1.29 is 14.3 Å². The van der Waals surface area contributed by atoms with Crippen molar-refractivity contribution in [3.8, 4) is 17.0 Å². The van der Waals surface area contributed by atoms with Gasteiger partial charge in [0.05, 0.1) is 0 Å². The molecule has 0 bridgehead atoms. The van der Waals surface area contributed by atoms with Crippen LogP contribution in [0.4, 0.5) is 0 Å². The summed E-state index contributed by atoms with van der Waals surface area (Å²) in [5.41, 5.74) is 3.18. The lowest BCUT2D eigenvalue weighted by molar-refractivity contribution is -0.120. The van der Waals surface area contributed by atoms with Crippen LogP contribution < -0.4 is 4.74 Å². The molecule has 4 heteroatoms. The van der Waals surface area contributed by atoms with Crippen LogP contribution in [0.2, 0.25) is 0 Å². The third-order valence-corrected chi connectivity index (χ3v) is 3.35. The van der Waals surface area contributed by atoms with E-state index in [1.54, 1.807) is 12.1 Å². The van der Waals surface area contributed by atoms with Crippen LogP contribution in [0.5, 0.6) is 5.88 Å². The zero-order chi connectivity index (χ0) is 15.4. The van der Waals surface area contributed by atoms with Crippen molar-refractivity contribution >= 4 is 12.3 Å². The quantitative estimate of drug-likeness (QED) is 0.578. The molecule has 1 N–H and O–H groups in total. The summed E-state index contributed by atoms with van der Waals surface area (Å²) in [4.78, 5) is 25.3. The molecule has 0 aliphatic rings. The van der Waals surface area contributed by atoms with E-state index < -0.39 is 0 Å². The Morgan fingerprint density at radius 1 is 0.909 bits per heavy atom. The van der Waals surface area contributed by atoms with E-state index in [1.165, 1.54) is 12.3 Å². The van der Waals surface area contributed by atoms with Crippen molar-refractivity contribution in [3.63, 3.8) is 0 Å². The first-order valence-electron chi connectivity index (χ1n) is 6.77. The lowest BCUT2D eigenvalue weighted by Gasteiger charge is -2.03. The Morgan fingerprint density at radius 2 is 1.59 bits per heavy atom. The molecule has 3 aromatic rings. The first-order valence-corrected chi connectivity index (χ1v) is 6.77. The summed E-state index contributed by atoms with van der Waals surface area (Å²) >= 11 is 0. The fourth-order valence-corrected chi connectivity index (χ4v) is 2.24. The summed E-state index contributed by atoms with van der Waals surface area (Å²) in [6.07, 6.45) is 1.52. The summed E-state index contributed by atoms with van der Waals surface area (Å²) in [5.74, 6) is 0.121. The van der Waals surface area contributed by atoms with Crippen LogP contribution in [0, 0.1) is 0 Å². The topological polar surface area (TPSA) is 59.2 Å². The molecule has 0 unspecified atom stereocenters. The third-order valence-electron chi connectivity index (χ3n) is 3.35. The highest BCUT2D eigenvalue weighted by Crippen LogP contribution is 2.21. The molecule has 0 amide bonds. The van der Waals surface area contributed by atoms with Gasteiger partial charge in [-0.3, -0.25) is 9.59 Å². The predicted molar refractivity (Wildman–Crippen MR) is 82.8 cm³/mol. The van der Waals surface area contributed by atoms with Gasteiger partial charge in [-0.15, -0.1) is 0 Å². The molecule has 0 saturated heterocycles. The number of carbonyl (C=O) groups excluding carboxylic acids is 2. The second kappa shape index (κ2) is 6.10. The Hall–Kier alpha value is -3.14. The molecule has 0 radical (unpaired) electrons. The maximum absolute atomic E-state index is 12.3. The number of benzene rings is 2. The number of carbonyl (C=O) groups is 2. The van der Waals surface area contributed by atoms with Crippen molar-refractivity contribution in [3.05, 3.63) is 78.0 Å². The molecule has 2 aromatic carbocycles. The largest absolute Gasteiger partial charge is 0.412 e. The van der Waals surface area contributed by atoms with Crippen LogP contribution >= 0.6 is 0 Å². The van der Waals surface area contributed by atoms with E-state index in [1.807, 2.05) is 42.5 Å². The van der Waals surface area contributed by atoms with Crippen LogP contribution in [0.25, 0.3) is 11.1 Å². The van der Waals surface area contributed by atoms with Gasteiger partial charge in [-0.05, 0) is 11.1 Å². The molecule has 0 spiro atoms. The highest BCUT2D eigenvalue weighted by atomic mass is 16.5. The van der Waals surface area contributed by atoms with Crippen molar-refractivity contribution in [1.29, 1.82) is 0 Å². The maximum Gasteiger partial charge on any atom is 0.299 e. The number of nitrogens with one attached hydrogen (secondary N) is 1. The van der Waals surface area contributed by atoms with Gasteiger partial charge in [0, 0.05) is 23.4 Å². The average molecular weight is 291 g/mol. The fraction of sp³-hybridized carbons (Fsp3) is 0. The number of aromatic nitrogens is 1. The van der Waals surface area contributed by atoms with Gasteiger partial charge in [0.1, 0.15) is 0 Å². The Kier molecular flexibility index (Phi) is 3.83. The number of ether oxygens (including phenoxy) is 1. The Balaban J connectivity index is 1.82. The van der Waals surface area contributed by atoms with Gasteiger partial charge in [-0.1, -0.05) is 54.6 Å². The van der Waals surface area contributed by atoms with Gasteiger partial charge in [-0.2, -0.15) is 0 Å². The van der Waals surface area contributed by atoms with Gasteiger partial charge in [0.2, 0.25) is 5.88 Å². The molecule has 0 atom stereocenters. The van der Waals surface area contributed by atoms with Crippen molar-refractivity contribution in [1.82, 2.24) is 4.98 Å². The third kappa shape index (κ3) is 2.81. The van der Waals surface area contributed by atoms with E-state index >= 15 is 0 Å². The number of rotatable bonds is 5. The summed E-state index contributed by atoms with van der Waals surface area (Å²) in [6, 6.07) is 18.9. The van der Waals surface area contributed by atoms with Gasteiger partial charge in [-0.25, -0.2) is 0 Å². The minimum absolute atomic E-state index is 0.128. The van der Waals surface area contributed by atoms with Gasteiger partial charge in [0.25, 0.3) is 6.47 Å². The molecule has 22 heavy (non-hydrogen) atoms. The highest BCUT2D eigenvalue weighted by Gasteiger charge is 2.12. The van der Waals surface area contributed by atoms with Crippen molar-refractivity contribution in [2.75, 3.05) is 0 Å². The molecular formula is C18H13NO3. The van der Waals surface area contributed by atoms with E-state index in [0.717, 1.165) is 11.1 Å². The van der Waals surface area contributed by atoms with E-state index in [-0.39, 0.29) is 11.7 Å². The fourth-order valence-electron chi connectivity index (χ4n) is 2.24. The number of ketones is 1. The van der Waals surface area contributed by atoms with Crippen LogP contribution in [-0.2, 0) is 4.79 Å². The Bertz CT molecular complexity index is 789. The first-order chi connectivity index (χ1) is 10.8. The van der Waals surface area contributed by atoms with E-state index in [0.29, 0.717) is 17.6 Å². The molecule has 0 aliphatic carbocycles. The number of hydrogen-bond acceptors (Lipinski definition) is 3. The van der Waals surface area contributed by atoms with Crippen LogP contribution in [0.3, 0.4) is 0 Å². The second-order valence-electron chi connectivity index (χ2n) is 4.74. The van der Waals surface area contributed by atoms with Crippen LogP contribution in [0.15, 0.2) is 66.9 Å². The lowest BCUT2D eigenvalue weighted by atomic mass is 10.0. The maximum atomic E-state index is 12.3. The SMILES string of the molecule is O=COc1cc(C(=O)c2ccc(-c3ccccc3)cc2)c[nH]1. The van der Waals surface area contributed by atoms with Crippen molar-refractivity contribution in [2.45, 2.75) is 0 Å². The van der Waals surface area contributed by atoms with E-state index in [4.69, 9.17) is 0 Å². The monoisotopic (exact) mass is 291 g/mol. The Morgan fingerprint density at radius 3 is 2.27 bits per heavy atom. The molecule has 3 rings (SSSR count). The van der Waals surface area contributed by atoms with Gasteiger partial charge >= 0.3 is 0 Å². The van der Waals surface area contributed by atoms with Gasteiger partial charge < -0.3 is 9.72 Å². The molecular weight excluding hydrogens is 278 g/mol. The van der Waals surface area contributed by atoms with E-state index in [2.05, 4.69) is 9.72 Å². The normalized spacial score (nSPS) is 10.2. The number of aromatic amines is 1. The highest BCUT2D eigenvalue weighted by molar-refractivity contribution is 6.09. The zero-order valence-corrected chi connectivity index (χ0v) is 11.7. The van der Waals surface area contributed by atoms with Crippen LogP contribution in [0.1, 0.15) is 15.9 Å². The molecule has 1 heterocycles. The molecule has 1 aromatic heterocycles.